The summed E-state index contributed by atoms with van der Waals surface area (Å²) in [5, 5.41) is 18.6. The number of nitrogens with zero attached hydrogens (tertiary/aromatic N) is 6. The van der Waals surface area contributed by atoms with Crippen LogP contribution in [0.1, 0.15) is 30.2 Å². The Balaban J connectivity index is 1.48. The van der Waals surface area contributed by atoms with Crippen LogP contribution in [0.25, 0.3) is 11.4 Å². The van der Waals surface area contributed by atoms with E-state index in [4.69, 9.17) is 20.2 Å². The third-order valence-electron chi connectivity index (χ3n) is 6.37. The largest absolute Gasteiger partial charge is 0.496 e. The Morgan fingerprint density at radius 1 is 1.32 bits per heavy atom. The summed E-state index contributed by atoms with van der Waals surface area (Å²) in [6.45, 7) is 6.45. The van der Waals surface area contributed by atoms with Crippen LogP contribution in [-0.2, 0) is 17.6 Å². The molecule has 2 aromatic heterocycles. The van der Waals surface area contributed by atoms with Gasteiger partial charge in [0, 0.05) is 48.6 Å². The third kappa shape index (κ3) is 3.97. The van der Waals surface area contributed by atoms with E-state index in [1.165, 1.54) is 0 Å². The first-order valence-electron chi connectivity index (χ1n) is 11.2. The molecule has 3 aromatic rings. The molecular formula is C23H29N9O2. The lowest BCUT2D eigenvalue weighted by atomic mass is 9.90. The monoisotopic (exact) mass is 463 g/mol. The number of aromatic nitrogens is 5. The van der Waals surface area contributed by atoms with Crippen LogP contribution in [0, 0.1) is 12.3 Å². The molecule has 0 spiro atoms. The number of rotatable bonds is 6. The van der Waals surface area contributed by atoms with Gasteiger partial charge in [-0.25, -0.2) is 14.7 Å². The average molecular weight is 464 g/mol. The second-order valence-corrected chi connectivity index (χ2v) is 9.23. The van der Waals surface area contributed by atoms with Crippen molar-refractivity contribution in [3.8, 4) is 17.1 Å². The minimum atomic E-state index is -1.25. The fourth-order valence-corrected chi connectivity index (χ4v) is 4.36. The van der Waals surface area contributed by atoms with Crippen molar-refractivity contribution in [2.75, 3.05) is 37.5 Å². The number of anilines is 2. The van der Waals surface area contributed by atoms with Crippen LogP contribution >= 0.6 is 0 Å². The Hall–Kier alpha value is -3.57. The summed E-state index contributed by atoms with van der Waals surface area (Å²) in [5.41, 5.74) is 11.0. The molecule has 4 N–H and O–H groups in total. The number of fused-ring (bicyclic) bond motifs is 1. The van der Waals surface area contributed by atoms with Gasteiger partial charge >= 0.3 is 0 Å². The average Bonchev–Trinajstić information content (AvgIpc) is 3.46. The number of hydrogen-bond acceptors (Lipinski definition) is 10. The van der Waals surface area contributed by atoms with E-state index >= 15 is 0 Å². The van der Waals surface area contributed by atoms with Crippen molar-refractivity contribution in [3.05, 3.63) is 41.1 Å². The van der Waals surface area contributed by atoms with Gasteiger partial charge in [0.25, 0.3) is 0 Å². The lowest BCUT2D eigenvalue weighted by Crippen LogP contribution is -2.45. The molecule has 1 fully saturated rings. The van der Waals surface area contributed by atoms with Crippen LogP contribution < -0.4 is 21.1 Å². The van der Waals surface area contributed by atoms with E-state index < -0.39 is 5.79 Å². The predicted molar refractivity (Wildman–Crippen MR) is 129 cm³/mol. The number of ether oxygens (including phenoxy) is 2. The Labute approximate surface area is 197 Å². The highest BCUT2D eigenvalue weighted by Crippen LogP contribution is 2.39. The van der Waals surface area contributed by atoms with Crippen LogP contribution in [0.5, 0.6) is 5.75 Å². The van der Waals surface area contributed by atoms with Crippen LogP contribution in [0.3, 0.4) is 0 Å². The Morgan fingerprint density at radius 3 is 2.88 bits per heavy atom. The second-order valence-electron chi connectivity index (χ2n) is 9.23. The van der Waals surface area contributed by atoms with E-state index in [0.29, 0.717) is 17.1 Å². The van der Waals surface area contributed by atoms with Gasteiger partial charge in [-0.05, 0) is 42.0 Å². The van der Waals surface area contributed by atoms with Gasteiger partial charge in [-0.1, -0.05) is 13.0 Å². The molecule has 4 heterocycles. The lowest BCUT2D eigenvalue weighted by Gasteiger charge is -2.34. The number of tetrazole rings is 1. The fourth-order valence-electron chi connectivity index (χ4n) is 4.36. The van der Waals surface area contributed by atoms with Crippen molar-refractivity contribution in [2.24, 2.45) is 23.2 Å². The molecule has 178 valence electrons. The first kappa shape index (κ1) is 22.2. The van der Waals surface area contributed by atoms with E-state index in [1.54, 1.807) is 25.1 Å². The number of nitrogens with one attached hydrogen (secondary N) is 2. The van der Waals surface area contributed by atoms with Crippen LogP contribution in [0.2, 0.25) is 0 Å². The molecule has 2 aliphatic heterocycles. The Morgan fingerprint density at radius 2 is 2.18 bits per heavy atom. The van der Waals surface area contributed by atoms with E-state index in [-0.39, 0.29) is 5.41 Å². The highest BCUT2D eigenvalue weighted by molar-refractivity contribution is 5.94. The van der Waals surface area contributed by atoms with Gasteiger partial charge < -0.3 is 20.1 Å². The van der Waals surface area contributed by atoms with Gasteiger partial charge in [-0.3, -0.25) is 5.73 Å². The molecule has 0 amide bonds. The zero-order chi connectivity index (χ0) is 23.9. The molecule has 11 heteroatoms. The van der Waals surface area contributed by atoms with Crippen molar-refractivity contribution in [3.63, 3.8) is 0 Å². The maximum absolute atomic E-state index is 6.81. The summed E-state index contributed by atoms with van der Waals surface area (Å²) in [6, 6.07) is 7.62. The van der Waals surface area contributed by atoms with Crippen molar-refractivity contribution in [2.45, 2.75) is 26.1 Å². The molecule has 34 heavy (non-hydrogen) atoms. The van der Waals surface area contributed by atoms with Gasteiger partial charge in [0.2, 0.25) is 5.79 Å². The number of aryl methyl sites for hydroxylation is 2. The molecule has 11 nitrogen and oxygen atoms in total. The third-order valence-corrected chi connectivity index (χ3v) is 6.37. The van der Waals surface area contributed by atoms with E-state index in [1.807, 2.05) is 31.2 Å². The number of aliphatic imine (C=N–C) groups is 1. The molecule has 2 aliphatic rings. The molecule has 0 radical (unpaired) electrons. The normalized spacial score (nSPS) is 23.4. The summed E-state index contributed by atoms with van der Waals surface area (Å²) in [4.78, 5) is 9.42. The van der Waals surface area contributed by atoms with Gasteiger partial charge in [0.1, 0.15) is 5.75 Å². The van der Waals surface area contributed by atoms with Crippen molar-refractivity contribution in [1.29, 1.82) is 0 Å². The standard InChI is InChI=1S/C23H29N9O2/c1-14-9-16-11-26-23(24,28-19(16)20(27-14)25-12-22(2)7-8-34-13-22)17-6-5-15(10-18(17)33-4)21-29-30-31-32(21)3/h5-6,9-11,28H,7-8,12-13,24H2,1-4H3,(H,25,27). The number of benzene rings is 1. The molecule has 2 atom stereocenters. The van der Waals surface area contributed by atoms with Gasteiger partial charge in [0.05, 0.1) is 25.0 Å². The highest BCUT2D eigenvalue weighted by atomic mass is 16.5. The lowest BCUT2D eigenvalue weighted by molar-refractivity contribution is 0.164. The minimum absolute atomic E-state index is 0.0641. The van der Waals surface area contributed by atoms with E-state index in [9.17, 15) is 0 Å². The summed E-state index contributed by atoms with van der Waals surface area (Å²) in [6.07, 6.45) is 2.79. The van der Waals surface area contributed by atoms with E-state index in [0.717, 1.165) is 54.5 Å². The number of methoxy groups -OCH3 is 1. The van der Waals surface area contributed by atoms with Crippen LogP contribution in [-0.4, -0.2) is 58.3 Å². The summed E-state index contributed by atoms with van der Waals surface area (Å²) < 4.78 is 12.9. The summed E-state index contributed by atoms with van der Waals surface area (Å²) in [7, 11) is 3.38. The zero-order valence-corrected chi connectivity index (χ0v) is 19.8. The fraction of sp³-hybridized carbons (Fsp3) is 0.435. The Bertz CT molecular complexity index is 1250. The maximum atomic E-state index is 6.81. The topological polar surface area (TPSA) is 137 Å². The minimum Gasteiger partial charge on any atom is -0.496 e. The quantitative estimate of drug-likeness (QED) is 0.501. The Kier molecular flexibility index (Phi) is 5.45. The first-order valence-corrected chi connectivity index (χ1v) is 11.2. The van der Waals surface area contributed by atoms with Crippen molar-refractivity contribution >= 4 is 17.7 Å². The molecule has 2 unspecified atom stereocenters. The zero-order valence-electron chi connectivity index (χ0n) is 19.8. The molecule has 0 aliphatic carbocycles. The summed E-state index contributed by atoms with van der Waals surface area (Å²) in [5.74, 6) is 0.686. The number of nitrogens with two attached hydrogens (primary N) is 1. The number of pyridine rings is 1. The molecular weight excluding hydrogens is 434 g/mol. The first-order chi connectivity index (χ1) is 16.3. The molecule has 1 aromatic carbocycles. The van der Waals surface area contributed by atoms with Gasteiger partial charge in [0.15, 0.2) is 11.6 Å². The predicted octanol–water partition coefficient (Wildman–Crippen LogP) is 2.04. The molecule has 0 bridgehead atoms. The van der Waals surface area contributed by atoms with Gasteiger partial charge in [-0.2, -0.15) is 0 Å². The van der Waals surface area contributed by atoms with E-state index in [2.05, 4.69) is 38.1 Å². The molecule has 1 saturated heterocycles. The summed E-state index contributed by atoms with van der Waals surface area (Å²) >= 11 is 0. The maximum Gasteiger partial charge on any atom is 0.212 e. The molecule has 0 saturated carbocycles. The molecule has 5 rings (SSSR count). The van der Waals surface area contributed by atoms with Crippen LogP contribution in [0.15, 0.2) is 29.3 Å². The van der Waals surface area contributed by atoms with Crippen LogP contribution in [0.4, 0.5) is 11.5 Å². The number of hydrogen-bond donors (Lipinski definition) is 3. The second kappa shape index (κ2) is 8.33. The smallest absolute Gasteiger partial charge is 0.212 e. The van der Waals surface area contributed by atoms with Crippen molar-refractivity contribution in [1.82, 2.24) is 25.2 Å². The van der Waals surface area contributed by atoms with Gasteiger partial charge in [-0.15, -0.1) is 5.10 Å². The van der Waals surface area contributed by atoms with Crippen molar-refractivity contribution < 1.29 is 9.47 Å². The SMILES string of the molecule is COc1cc(-c2nnnn2C)ccc1C1(N)N=Cc2cc(C)nc(NCC3(C)CCOC3)c2N1. The highest BCUT2D eigenvalue weighted by Gasteiger charge is 2.35.